The number of anilines is 1. The number of aryl methyl sites for hydroxylation is 1. The van der Waals surface area contributed by atoms with E-state index < -0.39 is 0 Å². The Morgan fingerprint density at radius 2 is 1.87 bits per heavy atom. The Morgan fingerprint density at radius 3 is 2.53 bits per heavy atom. The SMILES string of the molecule is Cc1cccc(CN(C(=O)C2CC2)c2ccc(CC(=O)NCC3CCCO3)cc2)c1. The highest BCUT2D eigenvalue weighted by Gasteiger charge is 2.34. The van der Waals surface area contributed by atoms with E-state index in [1.807, 2.05) is 35.2 Å². The molecule has 30 heavy (non-hydrogen) atoms. The van der Waals surface area contributed by atoms with E-state index >= 15 is 0 Å². The average molecular weight is 407 g/mol. The maximum atomic E-state index is 12.9. The number of hydrogen-bond acceptors (Lipinski definition) is 3. The number of carbonyl (C=O) groups is 2. The van der Waals surface area contributed by atoms with Crippen molar-refractivity contribution in [3.8, 4) is 0 Å². The summed E-state index contributed by atoms with van der Waals surface area (Å²) >= 11 is 0. The van der Waals surface area contributed by atoms with E-state index in [2.05, 4.69) is 30.4 Å². The molecule has 1 aliphatic carbocycles. The standard InChI is InChI=1S/C25H30N2O3/c1-18-4-2-5-20(14-18)17-27(25(29)21-9-10-21)22-11-7-19(8-12-22)15-24(28)26-16-23-6-3-13-30-23/h2,4-5,7-8,11-12,14,21,23H,3,6,9-10,13,15-17H2,1H3,(H,26,28). The van der Waals surface area contributed by atoms with Crippen molar-refractivity contribution in [3.63, 3.8) is 0 Å². The maximum absolute atomic E-state index is 12.9. The molecule has 1 saturated heterocycles. The lowest BCUT2D eigenvalue weighted by Gasteiger charge is -2.23. The van der Waals surface area contributed by atoms with E-state index in [4.69, 9.17) is 4.74 Å². The predicted octanol–water partition coefficient (Wildman–Crippen LogP) is 3.78. The third kappa shape index (κ3) is 5.48. The van der Waals surface area contributed by atoms with Crippen molar-refractivity contribution in [2.45, 2.75) is 51.7 Å². The second kappa shape index (κ2) is 9.43. The summed E-state index contributed by atoms with van der Waals surface area (Å²) in [6.07, 6.45) is 4.53. The van der Waals surface area contributed by atoms with Crippen molar-refractivity contribution < 1.29 is 14.3 Å². The van der Waals surface area contributed by atoms with E-state index in [1.54, 1.807) is 0 Å². The summed E-state index contributed by atoms with van der Waals surface area (Å²) in [4.78, 5) is 27.0. The molecule has 1 heterocycles. The molecule has 158 valence electrons. The van der Waals surface area contributed by atoms with Crippen LogP contribution < -0.4 is 10.2 Å². The van der Waals surface area contributed by atoms with Gasteiger partial charge in [0, 0.05) is 24.8 Å². The van der Waals surface area contributed by atoms with E-state index in [0.717, 1.165) is 49.1 Å². The summed E-state index contributed by atoms with van der Waals surface area (Å²) in [5.74, 6) is 0.348. The molecule has 5 nitrogen and oxygen atoms in total. The van der Waals surface area contributed by atoms with Gasteiger partial charge in [0.15, 0.2) is 0 Å². The molecule has 1 unspecified atom stereocenters. The Bertz CT molecular complexity index is 884. The molecule has 2 aromatic carbocycles. The van der Waals surface area contributed by atoms with Crippen LogP contribution in [0.4, 0.5) is 5.69 Å². The molecule has 0 bridgehead atoms. The van der Waals surface area contributed by atoms with Crippen LogP contribution in [-0.4, -0.2) is 31.1 Å². The molecule has 0 aromatic heterocycles. The smallest absolute Gasteiger partial charge is 0.230 e. The zero-order chi connectivity index (χ0) is 20.9. The van der Waals surface area contributed by atoms with Crippen molar-refractivity contribution in [2.75, 3.05) is 18.1 Å². The number of carbonyl (C=O) groups excluding carboxylic acids is 2. The first-order valence-electron chi connectivity index (χ1n) is 10.9. The highest BCUT2D eigenvalue weighted by molar-refractivity contribution is 5.96. The van der Waals surface area contributed by atoms with E-state index in [9.17, 15) is 9.59 Å². The third-order valence-corrected chi connectivity index (χ3v) is 5.78. The van der Waals surface area contributed by atoms with Crippen LogP contribution in [0.1, 0.15) is 42.4 Å². The summed E-state index contributed by atoms with van der Waals surface area (Å²) in [5.41, 5.74) is 4.15. The van der Waals surface area contributed by atoms with Gasteiger partial charge in [0.2, 0.25) is 11.8 Å². The number of rotatable bonds is 8. The van der Waals surface area contributed by atoms with Gasteiger partial charge in [0.1, 0.15) is 0 Å². The quantitative estimate of drug-likeness (QED) is 0.726. The van der Waals surface area contributed by atoms with Crippen LogP contribution in [0.3, 0.4) is 0 Å². The van der Waals surface area contributed by atoms with Gasteiger partial charge in [-0.3, -0.25) is 9.59 Å². The fourth-order valence-electron chi connectivity index (χ4n) is 3.91. The molecule has 2 fully saturated rings. The van der Waals surface area contributed by atoms with Gasteiger partial charge in [0.25, 0.3) is 0 Å². The summed E-state index contributed by atoms with van der Waals surface area (Å²) in [6.45, 7) is 4.01. The van der Waals surface area contributed by atoms with Crippen LogP contribution in [0.2, 0.25) is 0 Å². The summed E-state index contributed by atoms with van der Waals surface area (Å²) in [6, 6.07) is 16.1. The number of nitrogens with one attached hydrogen (secondary N) is 1. The second-order valence-electron chi connectivity index (χ2n) is 8.47. The first-order chi connectivity index (χ1) is 14.6. The third-order valence-electron chi connectivity index (χ3n) is 5.78. The van der Waals surface area contributed by atoms with Crippen LogP contribution in [0.5, 0.6) is 0 Å². The number of nitrogens with zero attached hydrogens (tertiary/aromatic N) is 1. The molecule has 2 amide bonds. The topological polar surface area (TPSA) is 58.6 Å². The number of hydrogen-bond donors (Lipinski definition) is 1. The van der Waals surface area contributed by atoms with Gasteiger partial charge in [-0.25, -0.2) is 0 Å². The molecule has 1 atom stereocenters. The molecule has 4 rings (SSSR count). The van der Waals surface area contributed by atoms with Crippen LogP contribution >= 0.6 is 0 Å². The van der Waals surface area contributed by atoms with Gasteiger partial charge in [-0.15, -0.1) is 0 Å². The van der Waals surface area contributed by atoms with Gasteiger partial charge < -0.3 is 15.0 Å². The van der Waals surface area contributed by atoms with Crippen molar-refractivity contribution in [1.82, 2.24) is 5.32 Å². The fraction of sp³-hybridized carbons (Fsp3) is 0.440. The minimum atomic E-state index is 0.00363. The van der Waals surface area contributed by atoms with Gasteiger partial charge in [-0.2, -0.15) is 0 Å². The Labute approximate surface area is 178 Å². The zero-order valence-electron chi connectivity index (χ0n) is 17.6. The fourth-order valence-corrected chi connectivity index (χ4v) is 3.91. The largest absolute Gasteiger partial charge is 0.376 e. The van der Waals surface area contributed by atoms with Gasteiger partial charge in [-0.05, 0) is 55.9 Å². The average Bonchev–Trinajstić information content (AvgIpc) is 3.46. The van der Waals surface area contributed by atoms with E-state index in [1.165, 1.54) is 5.56 Å². The first-order valence-corrected chi connectivity index (χ1v) is 10.9. The molecule has 2 aliphatic rings. The van der Waals surface area contributed by atoms with E-state index in [0.29, 0.717) is 19.5 Å². The lowest BCUT2D eigenvalue weighted by molar-refractivity contribution is -0.121. The zero-order valence-corrected chi connectivity index (χ0v) is 17.6. The number of ether oxygens (including phenoxy) is 1. The van der Waals surface area contributed by atoms with Crippen LogP contribution in [-0.2, 0) is 27.3 Å². The Morgan fingerprint density at radius 1 is 1.07 bits per heavy atom. The second-order valence-corrected chi connectivity index (χ2v) is 8.47. The van der Waals surface area contributed by atoms with Crippen LogP contribution in [0.25, 0.3) is 0 Å². The molecule has 5 heteroatoms. The van der Waals surface area contributed by atoms with Crippen LogP contribution in [0, 0.1) is 12.8 Å². The minimum absolute atomic E-state index is 0.00363. The maximum Gasteiger partial charge on any atom is 0.230 e. The number of amides is 2. The van der Waals surface area contributed by atoms with Crippen LogP contribution in [0.15, 0.2) is 48.5 Å². The molecular formula is C25H30N2O3. The first kappa shape index (κ1) is 20.6. The molecule has 1 aliphatic heterocycles. The van der Waals surface area contributed by atoms with Crippen molar-refractivity contribution in [3.05, 3.63) is 65.2 Å². The normalized spacial score (nSPS) is 18.2. The van der Waals surface area contributed by atoms with Gasteiger partial charge in [-0.1, -0.05) is 42.0 Å². The summed E-state index contributed by atoms with van der Waals surface area (Å²) in [7, 11) is 0. The summed E-state index contributed by atoms with van der Waals surface area (Å²) < 4.78 is 5.55. The predicted molar refractivity (Wildman–Crippen MR) is 117 cm³/mol. The molecule has 0 spiro atoms. The van der Waals surface area contributed by atoms with Gasteiger partial charge in [0.05, 0.1) is 19.1 Å². The van der Waals surface area contributed by atoms with Crippen molar-refractivity contribution in [1.29, 1.82) is 0 Å². The monoisotopic (exact) mass is 406 g/mol. The minimum Gasteiger partial charge on any atom is -0.376 e. The molecular weight excluding hydrogens is 376 g/mol. The lowest BCUT2D eigenvalue weighted by Crippen LogP contribution is -2.33. The summed E-state index contributed by atoms with van der Waals surface area (Å²) in [5, 5.41) is 2.96. The van der Waals surface area contributed by atoms with Crippen molar-refractivity contribution >= 4 is 17.5 Å². The Balaban J connectivity index is 1.40. The highest BCUT2D eigenvalue weighted by atomic mass is 16.5. The Hall–Kier alpha value is -2.66. The number of benzene rings is 2. The van der Waals surface area contributed by atoms with Crippen molar-refractivity contribution in [2.24, 2.45) is 5.92 Å². The molecule has 2 aromatic rings. The highest BCUT2D eigenvalue weighted by Crippen LogP contribution is 2.33. The van der Waals surface area contributed by atoms with Gasteiger partial charge >= 0.3 is 0 Å². The molecule has 1 saturated carbocycles. The molecule has 0 radical (unpaired) electrons. The van der Waals surface area contributed by atoms with E-state index in [-0.39, 0.29) is 23.8 Å². The Kier molecular flexibility index (Phi) is 6.48. The lowest BCUT2D eigenvalue weighted by atomic mass is 10.1. The molecule has 1 N–H and O–H groups in total.